The Morgan fingerprint density at radius 2 is 2.05 bits per heavy atom. The molecule has 2 fully saturated rings. The Morgan fingerprint density at radius 3 is 2.76 bits per heavy atom. The van der Waals surface area contributed by atoms with E-state index in [2.05, 4.69) is 16.0 Å². The predicted octanol–water partition coefficient (Wildman–Crippen LogP) is 3.41. The zero-order valence-corrected chi connectivity index (χ0v) is 12.6. The van der Waals surface area contributed by atoms with Crippen molar-refractivity contribution in [2.75, 3.05) is 7.11 Å². The number of aromatic nitrogens is 2. The number of ether oxygens (including phenoxy) is 1. The van der Waals surface area contributed by atoms with Crippen molar-refractivity contribution < 1.29 is 4.74 Å². The third kappa shape index (κ3) is 2.53. The van der Waals surface area contributed by atoms with Gasteiger partial charge in [-0.15, -0.1) is 0 Å². The van der Waals surface area contributed by atoms with E-state index < -0.39 is 0 Å². The summed E-state index contributed by atoms with van der Waals surface area (Å²) in [6.45, 7) is 0.887. The molecule has 1 aromatic carbocycles. The fourth-order valence-electron chi connectivity index (χ4n) is 3.49. The van der Waals surface area contributed by atoms with Gasteiger partial charge in [0.25, 0.3) is 0 Å². The zero-order valence-electron chi connectivity index (χ0n) is 12.6. The number of nitrogens with zero attached hydrogens (tertiary/aromatic N) is 2. The molecule has 0 aliphatic heterocycles. The molecule has 4 heteroatoms. The van der Waals surface area contributed by atoms with Gasteiger partial charge in [-0.25, -0.2) is 4.98 Å². The molecule has 0 spiro atoms. The number of methoxy groups -OCH3 is 1. The highest BCUT2D eigenvalue weighted by Crippen LogP contribution is 2.39. The summed E-state index contributed by atoms with van der Waals surface area (Å²) in [5.74, 6) is 2.07. The van der Waals surface area contributed by atoms with Crippen LogP contribution in [0.4, 0.5) is 0 Å². The Labute approximate surface area is 125 Å². The first-order chi connectivity index (χ1) is 10.3. The van der Waals surface area contributed by atoms with Crippen LogP contribution in [0.2, 0.25) is 0 Å². The van der Waals surface area contributed by atoms with Gasteiger partial charge in [0.05, 0.1) is 24.7 Å². The van der Waals surface area contributed by atoms with Crippen LogP contribution in [0.15, 0.2) is 18.2 Å². The summed E-state index contributed by atoms with van der Waals surface area (Å²) < 4.78 is 7.77. The maximum atomic E-state index is 5.32. The van der Waals surface area contributed by atoms with Gasteiger partial charge in [-0.1, -0.05) is 12.8 Å². The lowest BCUT2D eigenvalue weighted by atomic mass is 10.2. The minimum atomic E-state index is 0.656. The molecule has 4 nitrogen and oxygen atoms in total. The summed E-state index contributed by atoms with van der Waals surface area (Å²) in [4.78, 5) is 4.86. The third-order valence-electron chi connectivity index (χ3n) is 4.79. The van der Waals surface area contributed by atoms with Gasteiger partial charge in [0, 0.05) is 18.2 Å². The molecule has 112 valence electrons. The van der Waals surface area contributed by atoms with E-state index in [1.54, 1.807) is 7.11 Å². The van der Waals surface area contributed by atoms with Crippen LogP contribution < -0.4 is 10.1 Å². The topological polar surface area (TPSA) is 39.1 Å². The second kappa shape index (κ2) is 5.34. The Morgan fingerprint density at radius 1 is 1.24 bits per heavy atom. The van der Waals surface area contributed by atoms with Crippen molar-refractivity contribution in [3.05, 3.63) is 24.0 Å². The Bertz CT molecular complexity index is 639. The van der Waals surface area contributed by atoms with Crippen LogP contribution in [0.25, 0.3) is 11.0 Å². The molecule has 2 aliphatic rings. The molecular weight excluding hydrogens is 262 g/mol. The lowest BCUT2D eigenvalue weighted by Gasteiger charge is -2.13. The van der Waals surface area contributed by atoms with Crippen molar-refractivity contribution in [1.29, 1.82) is 0 Å². The van der Waals surface area contributed by atoms with Crippen molar-refractivity contribution >= 4 is 11.0 Å². The normalized spacial score (nSPS) is 19.5. The van der Waals surface area contributed by atoms with E-state index in [1.165, 1.54) is 49.9 Å². The number of rotatable bonds is 5. The number of imidazole rings is 1. The number of hydrogen-bond acceptors (Lipinski definition) is 3. The first-order valence-electron chi connectivity index (χ1n) is 8.13. The minimum Gasteiger partial charge on any atom is -0.497 e. The molecule has 0 amide bonds. The molecule has 0 bridgehead atoms. The lowest BCUT2D eigenvalue weighted by Crippen LogP contribution is -2.26. The summed E-state index contributed by atoms with van der Waals surface area (Å²) >= 11 is 0. The molecule has 0 saturated heterocycles. The number of nitrogens with one attached hydrogen (secondary N) is 1. The molecule has 4 rings (SSSR count). The fourth-order valence-corrected chi connectivity index (χ4v) is 3.49. The molecule has 1 N–H and O–H groups in total. The van der Waals surface area contributed by atoms with Crippen LogP contribution in [-0.4, -0.2) is 22.7 Å². The zero-order chi connectivity index (χ0) is 14.2. The number of hydrogen-bond donors (Lipinski definition) is 1. The van der Waals surface area contributed by atoms with Crippen molar-refractivity contribution in [2.24, 2.45) is 0 Å². The van der Waals surface area contributed by atoms with E-state index >= 15 is 0 Å². The first kappa shape index (κ1) is 13.1. The van der Waals surface area contributed by atoms with Gasteiger partial charge in [0.2, 0.25) is 0 Å². The average molecular weight is 285 g/mol. The van der Waals surface area contributed by atoms with E-state index in [4.69, 9.17) is 9.72 Å². The summed E-state index contributed by atoms with van der Waals surface area (Å²) in [6, 6.07) is 7.58. The summed E-state index contributed by atoms with van der Waals surface area (Å²) in [6.07, 6.45) is 7.94. The van der Waals surface area contributed by atoms with Crippen LogP contribution in [0.5, 0.6) is 5.75 Å². The quantitative estimate of drug-likeness (QED) is 0.915. The molecule has 0 unspecified atom stereocenters. The predicted molar refractivity (Wildman–Crippen MR) is 83.7 cm³/mol. The van der Waals surface area contributed by atoms with Crippen LogP contribution in [0.1, 0.15) is 50.4 Å². The van der Waals surface area contributed by atoms with Crippen molar-refractivity contribution in [3.8, 4) is 5.75 Å². The van der Waals surface area contributed by atoms with Gasteiger partial charge < -0.3 is 14.6 Å². The summed E-state index contributed by atoms with van der Waals surface area (Å²) in [5, 5.41) is 3.70. The first-order valence-corrected chi connectivity index (χ1v) is 8.13. The van der Waals surface area contributed by atoms with Gasteiger partial charge >= 0.3 is 0 Å². The highest BCUT2D eigenvalue weighted by atomic mass is 16.5. The Balaban J connectivity index is 1.64. The average Bonchev–Trinajstić information content (AvgIpc) is 3.09. The van der Waals surface area contributed by atoms with Gasteiger partial charge in [-0.2, -0.15) is 0 Å². The molecule has 0 radical (unpaired) electrons. The molecule has 2 aromatic rings. The fraction of sp³-hybridized carbons (Fsp3) is 0.588. The van der Waals surface area contributed by atoms with Crippen molar-refractivity contribution in [2.45, 2.75) is 57.2 Å². The molecular formula is C17H23N3O. The lowest BCUT2D eigenvalue weighted by molar-refractivity contribution is 0.415. The Hall–Kier alpha value is -1.55. The van der Waals surface area contributed by atoms with E-state index in [1.807, 2.05) is 12.1 Å². The number of benzene rings is 1. The molecule has 0 atom stereocenters. The standard InChI is InChI=1S/C17H23N3O/c1-21-14-8-9-16-15(10-14)19-17(20(16)13-6-7-13)11-18-12-4-2-3-5-12/h8-10,12-13,18H,2-7,11H2,1H3. The molecule has 2 aliphatic carbocycles. The van der Waals surface area contributed by atoms with Crippen LogP contribution in [-0.2, 0) is 6.54 Å². The van der Waals surface area contributed by atoms with Crippen molar-refractivity contribution in [1.82, 2.24) is 14.9 Å². The highest BCUT2D eigenvalue weighted by Gasteiger charge is 2.28. The second-order valence-electron chi connectivity index (χ2n) is 6.35. The van der Waals surface area contributed by atoms with E-state index in [0.29, 0.717) is 12.1 Å². The Kier molecular flexibility index (Phi) is 3.34. The van der Waals surface area contributed by atoms with Gasteiger partial charge in [0.15, 0.2) is 0 Å². The van der Waals surface area contributed by atoms with Crippen molar-refractivity contribution in [3.63, 3.8) is 0 Å². The smallest absolute Gasteiger partial charge is 0.124 e. The van der Waals surface area contributed by atoms with Crippen LogP contribution in [0, 0.1) is 0 Å². The van der Waals surface area contributed by atoms with E-state index in [9.17, 15) is 0 Å². The third-order valence-corrected chi connectivity index (χ3v) is 4.79. The monoisotopic (exact) mass is 285 g/mol. The SMILES string of the molecule is COc1ccc2c(c1)nc(CNC1CCCC1)n2C1CC1. The highest BCUT2D eigenvalue weighted by molar-refractivity contribution is 5.78. The minimum absolute atomic E-state index is 0.656. The van der Waals surface area contributed by atoms with E-state index in [0.717, 1.165) is 17.8 Å². The molecule has 21 heavy (non-hydrogen) atoms. The molecule has 1 aromatic heterocycles. The van der Waals surface area contributed by atoms with Gasteiger partial charge in [-0.3, -0.25) is 0 Å². The maximum Gasteiger partial charge on any atom is 0.124 e. The summed E-state index contributed by atoms with van der Waals surface area (Å²) in [5.41, 5.74) is 2.31. The maximum absolute atomic E-state index is 5.32. The van der Waals surface area contributed by atoms with Gasteiger partial charge in [0.1, 0.15) is 11.6 Å². The largest absolute Gasteiger partial charge is 0.497 e. The molecule has 2 saturated carbocycles. The van der Waals surface area contributed by atoms with Crippen LogP contribution in [0.3, 0.4) is 0 Å². The van der Waals surface area contributed by atoms with Gasteiger partial charge in [-0.05, 0) is 37.8 Å². The molecule has 1 heterocycles. The number of fused-ring (bicyclic) bond motifs is 1. The van der Waals surface area contributed by atoms with Crippen LogP contribution >= 0.6 is 0 Å². The van der Waals surface area contributed by atoms with E-state index in [-0.39, 0.29) is 0 Å². The second-order valence-corrected chi connectivity index (χ2v) is 6.35. The summed E-state index contributed by atoms with van der Waals surface area (Å²) in [7, 11) is 1.71.